The van der Waals surface area contributed by atoms with Crippen molar-refractivity contribution in [3.63, 3.8) is 0 Å². The number of carbonyl (C=O) groups is 1. The Hall–Kier alpha value is -3.00. The third-order valence-electron chi connectivity index (χ3n) is 3.07. The summed E-state index contributed by atoms with van der Waals surface area (Å²) in [7, 11) is 1.60. The molecule has 0 unspecified atom stereocenters. The minimum Gasteiger partial charge on any atom is -0.504 e. The normalized spacial score (nSPS) is 11.5. The molecule has 0 bridgehead atoms. The molecule has 0 aliphatic heterocycles. The molecule has 24 heavy (non-hydrogen) atoms. The lowest BCUT2D eigenvalue weighted by Gasteiger charge is -2.03. The van der Waals surface area contributed by atoms with E-state index in [4.69, 9.17) is 9.15 Å². The third-order valence-corrected chi connectivity index (χ3v) is 4.11. The number of rotatable bonds is 6. The maximum atomic E-state index is 12.3. The van der Waals surface area contributed by atoms with Crippen molar-refractivity contribution in [3.8, 4) is 5.75 Å². The molecule has 3 rings (SSSR count). The van der Waals surface area contributed by atoms with E-state index in [2.05, 4.69) is 15.2 Å². The Labute approximate surface area is 141 Å². The molecule has 2 N–H and O–H groups in total. The molecule has 7 nitrogen and oxygen atoms in total. The Kier molecular flexibility index (Phi) is 4.66. The highest BCUT2D eigenvalue weighted by Gasteiger charge is 2.16. The van der Waals surface area contributed by atoms with E-state index in [9.17, 15) is 9.90 Å². The number of hydrogen-bond acceptors (Lipinski definition) is 7. The van der Waals surface area contributed by atoms with Gasteiger partial charge in [-0.15, -0.1) is 0 Å². The van der Waals surface area contributed by atoms with E-state index < -0.39 is 5.78 Å². The van der Waals surface area contributed by atoms with Crippen molar-refractivity contribution in [3.05, 3.63) is 60.6 Å². The summed E-state index contributed by atoms with van der Waals surface area (Å²) >= 11 is 1.38. The average Bonchev–Trinajstić information content (AvgIpc) is 3.27. The Bertz CT molecular complexity index is 854. The van der Waals surface area contributed by atoms with Gasteiger partial charge < -0.3 is 14.3 Å². The van der Waals surface area contributed by atoms with Crippen LogP contribution in [0.4, 0.5) is 0 Å². The van der Waals surface area contributed by atoms with Crippen molar-refractivity contribution >= 4 is 23.3 Å². The molecule has 0 radical (unpaired) electrons. The van der Waals surface area contributed by atoms with Gasteiger partial charge in [0.05, 0.1) is 18.3 Å². The second kappa shape index (κ2) is 7.05. The minimum atomic E-state index is -0.468. The summed E-state index contributed by atoms with van der Waals surface area (Å²) < 4.78 is 10.4. The first-order chi connectivity index (χ1) is 11.7. The van der Waals surface area contributed by atoms with E-state index in [1.54, 1.807) is 13.2 Å². The number of ketones is 1. The fourth-order valence-corrected chi connectivity index (χ4v) is 2.81. The van der Waals surface area contributed by atoms with Crippen LogP contribution in [-0.4, -0.2) is 33.2 Å². The van der Waals surface area contributed by atoms with Gasteiger partial charge in [-0.1, -0.05) is 11.8 Å². The first-order valence-corrected chi connectivity index (χ1v) is 7.69. The van der Waals surface area contributed by atoms with Gasteiger partial charge in [0.15, 0.2) is 17.3 Å². The number of aliphatic hydroxyl groups is 1. The second-order valence-corrected chi connectivity index (χ2v) is 5.73. The van der Waals surface area contributed by atoms with E-state index in [0.717, 1.165) is 16.7 Å². The molecular formula is C16H13N3O4S. The number of furan rings is 1. The van der Waals surface area contributed by atoms with Crippen LogP contribution in [0.3, 0.4) is 0 Å². The SMILES string of the molecule is COc1ccc(Sc2ccoc2C(=O)C=C(O)c2ncn[nH]2)cc1. The van der Waals surface area contributed by atoms with Gasteiger partial charge in [0.1, 0.15) is 12.1 Å². The number of aromatic amines is 1. The average molecular weight is 343 g/mol. The molecule has 2 aromatic heterocycles. The largest absolute Gasteiger partial charge is 0.504 e. The molecule has 0 amide bonds. The highest BCUT2D eigenvalue weighted by atomic mass is 32.2. The van der Waals surface area contributed by atoms with E-state index in [0.29, 0.717) is 4.90 Å². The smallest absolute Gasteiger partial charge is 0.226 e. The summed E-state index contributed by atoms with van der Waals surface area (Å²) in [4.78, 5) is 17.6. The lowest BCUT2D eigenvalue weighted by atomic mass is 10.2. The molecule has 0 aliphatic carbocycles. The van der Waals surface area contributed by atoms with Gasteiger partial charge in [0.2, 0.25) is 5.78 Å². The monoisotopic (exact) mass is 343 g/mol. The number of allylic oxidation sites excluding steroid dienone is 1. The number of carbonyl (C=O) groups excluding carboxylic acids is 1. The van der Waals surface area contributed by atoms with Crippen LogP contribution in [0.15, 0.2) is 63.2 Å². The van der Waals surface area contributed by atoms with Gasteiger partial charge in [-0.05, 0) is 30.3 Å². The molecule has 8 heteroatoms. The molecule has 122 valence electrons. The van der Waals surface area contributed by atoms with Crippen molar-refractivity contribution in [2.45, 2.75) is 9.79 Å². The minimum absolute atomic E-state index is 0.110. The molecular weight excluding hydrogens is 330 g/mol. The number of hydrogen-bond donors (Lipinski definition) is 2. The van der Waals surface area contributed by atoms with Crippen LogP contribution in [0.25, 0.3) is 5.76 Å². The van der Waals surface area contributed by atoms with E-state index in [1.807, 2.05) is 24.3 Å². The van der Waals surface area contributed by atoms with Crippen molar-refractivity contribution in [2.24, 2.45) is 0 Å². The zero-order chi connectivity index (χ0) is 16.9. The quantitative estimate of drug-likeness (QED) is 0.402. The van der Waals surface area contributed by atoms with Crippen molar-refractivity contribution < 1.29 is 19.1 Å². The lowest BCUT2D eigenvalue weighted by molar-refractivity contribution is 0.101. The van der Waals surface area contributed by atoms with Gasteiger partial charge >= 0.3 is 0 Å². The number of aromatic nitrogens is 3. The maximum Gasteiger partial charge on any atom is 0.226 e. The van der Waals surface area contributed by atoms with Crippen LogP contribution >= 0.6 is 11.8 Å². The van der Waals surface area contributed by atoms with Gasteiger partial charge in [0, 0.05) is 11.0 Å². The van der Waals surface area contributed by atoms with Gasteiger partial charge in [-0.3, -0.25) is 9.89 Å². The zero-order valence-electron chi connectivity index (χ0n) is 12.6. The molecule has 0 saturated carbocycles. The van der Waals surface area contributed by atoms with Crippen LogP contribution in [0.1, 0.15) is 16.4 Å². The Morgan fingerprint density at radius 1 is 1.33 bits per heavy atom. The number of methoxy groups -OCH3 is 1. The van der Waals surface area contributed by atoms with Gasteiger partial charge in [-0.2, -0.15) is 5.10 Å². The molecule has 0 saturated heterocycles. The standard InChI is InChI=1S/C16H13N3O4S/c1-22-10-2-4-11(5-3-10)24-14-6-7-23-15(14)12(20)8-13(21)16-17-9-18-19-16/h2-9,21H,1H3,(H,17,18,19). The number of aliphatic hydroxyl groups excluding tert-OH is 1. The van der Waals surface area contributed by atoms with Gasteiger partial charge in [0.25, 0.3) is 0 Å². The molecule has 1 aromatic carbocycles. The fraction of sp³-hybridized carbons (Fsp3) is 0.0625. The van der Waals surface area contributed by atoms with Crippen LogP contribution < -0.4 is 4.74 Å². The number of nitrogens with one attached hydrogen (secondary N) is 1. The number of benzene rings is 1. The van der Waals surface area contributed by atoms with Crippen LogP contribution in [0, 0.1) is 0 Å². The summed E-state index contributed by atoms with van der Waals surface area (Å²) in [6.45, 7) is 0. The summed E-state index contributed by atoms with van der Waals surface area (Å²) in [5, 5.41) is 15.9. The highest BCUT2D eigenvalue weighted by Crippen LogP contribution is 2.32. The number of nitrogens with zero attached hydrogens (tertiary/aromatic N) is 2. The molecule has 0 spiro atoms. The first kappa shape index (κ1) is 15.9. The summed E-state index contributed by atoms with van der Waals surface area (Å²) in [5.41, 5.74) is 0. The Morgan fingerprint density at radius 2 is 2.12 bits per heavy atom. The molecule has 3 aromatic rings. The second-order valence-electron chi connectivity index (χ2n) is 4.62. The first-order valence-electron chi connectivity index (χ1n) is 6.87. The third kappa shape index (κ3) is 3.49. The van der Waals surface area contributed by atoms with Crippen molar-refractivity contribution in [1.82, 2.24) is 15.2 Å². The zero-order valence-corrected chi connectivity index (χ0v) is 13.4. The van der Waals surface area contributed by atoms with Gasteiger partial charge in [-0.25, -0.2) is 4.98 Å². The van der Waals surface area contributed by atoms with Crippen LogP contribution in [-0.2, 0) is 0 Å². The predicted octanol–water partition coefficient (Wildman–Crippen LogP) is 3.34. The van der Waals surface area contributed by atoms with E-state index in [-0.39, 0.29) is 17.3 Å². The number of H-pyrrole nitrogens is 1. The molecule has 0 fully saturated rings. The summed E-state index contributed by atoms with van der Waals surface area (Å²) in [6, 6.07) is 9.12. The highest BCUT2D eigenvalue weighted by molar-refractivity contribution is 7.99. The van der Waals surface area contributed by atoms with Crippen LogP contribution in [0.5, 0.6) is 5.75 Å². The van der Waals surface area contributed by atoms with Crippen molar-refractivity contribution in [2.75, 3.05) is 7.11 Å². The fourth-order valence-electron chi connectivity index (χ4n) is 1.92. The summed E-state index contributed by atoms with van der Waals surface area (Å²) in [6.07, 6.45) is 3.71. The molecule has 0 atom stereocenters. The number of ether oxygens (including phenoxy) is 1. The molecule has 0 aliphatic rings. The lowest BCUT2D eigenvalue weighted by Crippen LogP contribution is -1.97. The van der Waals surface area contributed by atoms with E-state index >= 15 is 0 Å². The summed E-state index contributed by atoms with van der Waals surface area (Å²) in [5.74, 6) is 0.225. The topological polar surface area (TPSA) is 101 Å². The molecule has 2 heterocycles. The van der Waals surface area contributed by atoms with Crippen LogP contribution in [0.2, 0.25) is 0 Å². The van der Waals surface area contributed by atoms with Crippen molar-refractivity contribution in [1.29, 1.82) is 0 Å². The Balaban J connectivity index is 1.79. The maximum absolute atomic E-state index is 12.3. The van der Waals surface area contributed by atoms with E-state index in [1.165, 1.54) is 24.4 Å². The predicted molar refractivity (Wildman–Crippen MR) is 87.1 cm³/mol. The Morgan fingerprint density at radius 3 is 2.79 bits per heavy atom.